The van der Waals surface area contributed by atoms with Crippen molar-refractivity contribution in [2.75, 3.05) is 23.8 Å². The summed E-state index contributed by atoms with van der Waals surface area (Å²) in [5.74, 6) is -0.481. The lowest BCUT2D eigenvalue weighted by Gasteiger charge is -2.34. The molecule has 8 heteroatoms. The topological polar surface area (TPSA) is 87.5 Å². The molecule has 2 heterocycles. The van der Waals surface area contributed by atoms with Crippen molar-refractivity contribution in [2.24, 2.45) is 5.92 Å². The quantitative estimate of drug-likeness (QED) is 0.576. The molecule has 1 fully saturated rings. The molecular formula is C25H27ClN4O3. The fourth-order valence-electron chi connectivity index (χ4n) is 5.07. The standard InChI is InChI=1S/C25H27ClN4O3/c1-29-12-11-21(16-5-2-3-8-20(16)29)30-14-27-18-6-4-7-19(23(18)25(30)33)28-24(32)15-9-10-22(31)17(26)13-15/h2-8,14-15,17,21-22,31H,9-13H2,1H3,(H,28,32). The molecule has 33 heavy (non-hydrogen) atoms. The first-order valence-corrected chi connectivity index (χ1v) is 11.8. The van der Waals surface area contributed by atoms with E-state index in [2.05, 4.69) is 34.4 Å². The summed E-state index contributed by atoms with van der Waals surface area (Å²) in [6.07, 6.45) is 3.29. The summed E-state index contributed by atoms with van der Waals surface area (Å²) in [4.78, 5) is 33.4. The van der Waals surface area contributed by atoms with Crippen molar-refractivity contribution in [3.63, 3.8) is 0 Å². The minimum atomic E-state index is -0.581. The van der Waals surface area contributed by atoms with Gasteiger partial charge in [0.15, 0.2) is 0 Å². The van der Waals surface area contributed by atoms with Crippen molar-refractivity contribution in [1.82, 2.24) is 9.55 Å². The smallest absolute Gasteiger partial charge is 0.263 e. The number of aromatic nitrogens is 2. The van der Waals surface area contributed by atoms with Crippen LogP contribution in [0.25, 0.3) is 10.9 Å². The number of benzene rings is 2. The zero-order valence-corrected chi connectivity index (χ0v) is 19.2. The predicted octanol–water partition coefficient (Wildman–Crippen LogP) is 3.53. The molecule has 0 bridgehead atoms. The van der Waals surface area contributed by atoms with Crippen LogP contribution in [-0.2, 0) is 4.79 Å². The molecule has 4 atom stereocenters. The molecule has 1 aromatic heterocycles. The minimum absolute atomic E-state index is 0.123. The second-order valence-electron chi connectivity index (χ2n) is 9.02. The van der Waals surface area contributed by atoms with Crippen LogP contribution >= 0.6 is 11.6 Å². The SMILES string of the molecule is CN1CCC(n2cnc3cccc(NC(=O)C4CCC(O)C(Cl)C4)c3c2=O)c2ccccc21. The van der Waals surface area contributed by atoms with Gasteiger partial charge in [0, 0.05) is 25.2 Å². The summed E-state index contributed by atoms with van der Waals surface area (Å²) in [7, 11) is 2.06. The molecule has 1 amide bonds. The Kier molecular flexibility index (Phi) is 5.85. The Balaban J connectivity index is 1.51. The van der Waals surface area contributed by atoms with E-state index >= 15 is 0 Å². The maximum atomic E-state index is 13.7. The minimum Gasteiger partial charge on any atom is -0.392 e. The van der Waals surface area contributed by atoms with E-state index in [0.29, 0.717) is 35.9 Å². The number of carbonyl (C=O) groups is 1. The highest BCUT2D eigenvalue weighted by atomic mass is 35.5. The number of rotatable bonds is 3. The number of fused-ring (bicyclic) bond motifs is 2. The summed E-state index contributed by atoms with van der Waals surface area (Å²) < 4.78 is 1.69. The molecule has 0 saturated heterocycles. The Hall–Kier alpha value is -2.90. The average Bonchev–Trinajstić information content (AvgIpc) is 2.82. The molecule has 2 aliphatic rings. The molecule has 1 aliphatic heterocycles. The Morgan fingerprint density at radius 2 is 1.97 bits per heavy atom. The summed E-state index contributed by atoms with van der Waals surface area (Å²) in [6, 6.07) is 13.3. The lowest BCUT2D eigenvalue weighted by Crippen LogP contribution is -2.36. The van der Waals surface area contributed by atoms with E-state index in [-0.39, 0.29) is 23.4 Å². The van der Waals surface area contributed by atoms with Crippen molar-refractivity contribution in [3.05, 3.63) is 64.7 Å². The monoisotopic (exact) mass is 466 g/mol. The van der Waals surface area contributed by atoms with Crippen LogP contribution in [0.15, 0.2) is 53.6 Å². The van der Waals surface area contributed by atoms with Crippen LogP contribution in [0, 0.1) is 5.92 Å². The molecule has 4 unspecified atom stereocenters. The van der Waals surface area contributed by atoms with Crippen LogP contribution in [0.4, 0.5) is 11.4 Å². The fourth-order valence-corrected chi connectivity index (χ4v) is 5.42. The average molecular weight is 467 g/mol. The van der Waals surface area contributed by atoms with Gasteiger partial charge < -0.3 is 15.3 Å². The Morgan fingerprint density at radius 1 is 1.15 bits per heavy atom. The number of aliphatic hydroxyl groups is 1. The molecule has 1 aliphatic carbocycles. The van der Waals surface area contributed by atoms with E-state index in [1.165, 1.54) is 0 Å². The summed E-state index contributed by atoms with van der Waals surface area (Å²) >= 11 is 6.19. The third-order valence-corrected chi connectivity index (χ3v) is 7.43. The van der Waals surface area contributed by atoms with Gasteiger partial charge in [-0.05, 0) is 49.4 Å². The lowest BCUT2D eigenvalue weighted by atomic mass is 9.86. The first-order chi connectivity index (χ1) is 15.9. The van der Waals surface area contributed by atoms with Crippen LogP contribution in [0.3, 0.4) is 0 Å². The van der Waals surface area contributed by atoms with Gasteiger partial charge in [0.25, 0.3) is 5.56 Å². The van der Waals surface area contributed by atoms with Crippen molar-refractivity contribution < 1.29 is 9.90 Å². The molecule has 0 radical (unpaired) electrons. The van der Waals surface area contributed by atoms with Crippen LogP contribution in [0.2, 0.25) is 0 Å². The van der Waals surface area contributed by atoms with E-state index in [4.69, 9.17) is 11.6 Å². The van der Waals surface area contributed by atoms with Gasteiger partial charge in [0.1, 0.15) is 0 Å². The normalized spacial score (nSPS) is 25.0. The number of alkyl halides is 1. The molecular weight excluding hydrogens is 440 g/mol. The van der Waals surface area contributed by atoms with Crippen LogP contribution in [0.1, 0.15) is 37.3 Å². The van der Waals surface area contributed by atoms with E-state index in [0.717, 1.165) is 24.2 Å². The van der Waals surface area contributed by atoms with Crippen LogP contribution < -0.4 is 15.8 Å². The largest absolute Gasteiger partial charge is 0.392 e. The number of halogens is 1. The number of nitrogens with one attached hydrogen (secondary N) is 1. The fraction of sp³-hybridized carbons (Fsp3) is 0.400. The Labute approximate surface area is 197 Å². The maximum absolute atomic E-state index is 13.7. The molecule has 2 aromatic carbocycles. The molecule has 0 spiro atoms. The molecule has 2 N–H and O–H groups in total. The zero-order valence-electron chi connectivity index (χ0n) is 18.4. The van der Waals surface area contributed by atoms with Crippen molar-refractivity contribution >= 4 is 39.8 Å². The first kappa shape index (κ1) is 21.9. The number of carbonyl (C=O) groups excluding carboxylic acids is 1. The third-order valence-electron chi connectivity index (χ3n) is 6.96. The molecule has 172 valence electrons. The van der Waals surface area contributed by atoms with E-state index in [1.807, 2.05) is 12.1 Å². The first-order valence-electron chi connectivity index (χ1n) is 11.4. The van der Waals surface area contributed by atoms with Crippen molar-refractivity contribution in [2.45, 2.75) is 43.2 Å². The Bertz CT molecular complexity index is 1260. The van der Waals surface area contributed by atoms with Crippen LogP contribution in [-0.4, -0.2) is 45.6 Å². The summed E-state index contributed by atoms with van der Waals surface area (Å²) in [5, 5.41) is 12.8. The van der Waals surface area contributed by atoms with Gasteiger partial charge >= 0.3 is 0 Å². The van der Waals surface area contributed by atoms with Gasteiger partial charge in [-0.25, -0.2) is 4.98 Å². The number of nitrogens with zero attached hydrogens (tertiary/aromatic N) is 3. The van der Waals surface area contributed by atoms with Gasteiger partial charge in [-0.3, -0.25) is 14.2 Å². The highest BCUT2D eigenvalue weighted by molar-refractivity contribution is 6.21. The second kappa shape index (κ2) is 8.80. The molecule has 3 aromatic rings. The highest BCUT2D eigenvalue weighted by Crippen LogP contribution is 2.35. The Morgan fingerprint density at radius 3 is 2.79 bits per heavy atom. The molecule has 1 saturated carbocycles. The third kappa shape index (κ3) is 4.00. The molecule has 5 rings (SSSR count). The number of para-hydroxylation sites is 1. The number of hydrogen-bond acceptors (Lipinski definition) is 5. The van der Waals surface area contributed by atoms with Crippen LogP contribution in [0.5, 0.6) is 0 Å². The number of aliphatic hydroxyl groups excluding tert-OH is 1. The second-order valence-corrected chi connectivity index (χ2v) is 9.58. The van der Waals surface area contributed by atoms with Gasteiger partial charge in [0.05, 0.1) is 40.4 Å². The maximum Gasteiger partial charge on any atom is 0.263 e. The van der Waals surface area contributed by atoms with Gasteiger partial charge in [-0.2, -0.15) is 0 Å². The molecule has 7 nitrogen and oxygen atoms in total. The number of amides is 1. The predicted molar refractivity (Wildman–Crippen MR) is 130 cm³/mol. The highest BCUT2D eigenvalue weighted by Gasteiger charge is 2.32. The van der Waals surface area contributed by atoms with Crippen molar-refractivity contribution in [1.29, 1.82) is 0 Å². The number of hydrogen-bond donors (Lipinski definition) is 2. The van der Waals surface area contributed by atoms with Gasteiger partial charge in [0.2, 0.25) is 5.91 Å². The lowest BCUT2D eigenvalue weighted by molar-refractivity contribution is -0.121. The summed E-state index contributed by atoms with van der Waals surface area (Å²) in [5.41, 5.74) is 3.03. The number of anilines is 2. The zero-order chi connectivity index (χ0) is 23.1. The van der Waals surface area contributed by atoms with E-state index < -0.39 is 11.5 Å². The summed E-state index contributed by atoms with van der Waals surface area (Å²) in [6.45, 7) is 0.831. The van der Waals surface area contributed by atoms with Gasteiger partial charge in [-0.1, -0.05) is 24.3 Å². The van der Waals surface area contributed by atoms with E-state index in [1.54, 1.807) is 29.1 Å². The van der Waals surface area contributed by atoms with Gasteiger partial charge in [-0.15, -0.1) is 11.6 Å². The van der Waals surface area contributed by atoms with E-state index in [9.17, 15) is 14.7 Å². The van der Waals surface area contributed by atoms with Crippen molar-refractivity contribution in [3.8, 4) is 0 Å².